The van der Waals surface area contributed by atoms with Crippen LogP contribution in [0.15, 0.2) is 0 Å². The first-order chi connectivity index (χ1) is 7.50. The fourth-order valence-electron chi connectivity index (χ4n) is 1.27. The molecule has 0 bridgehead atoms. The Bertz CT molecular complexity index is 297. The van der Waals surface area contributed by atoms with E-state index in [0.29, 0.717) is 5.75 Å². The first-order valence-electron chi connectivity index (χ1n) is 5.25. The molecule has 0 unspecified atom stereocenters. The second kappa shape index (κ2) is 5.34. The summed E-state index contributed by atoms with van der Waals surface area (Å²) in [5, 5.41) is 4.24. The monoisotopic (exact) mass is 244 g/mol. The molecule has 5 nitrogen and oxygen atoms in total. The van der Waals surface area contributed by atoms with Crippen LogP contribution in [0.5, 0.6) is 0 Å². The summed E-state index contributed by atoms with van der Waals surface area (Å²) in [6, 6.07) is -0.731. The molecule has 0 aliphatic carbocycles. The van der Waals surface area contributed by atoms with Crippen molar-refractivity contribution in [3.8, 4) is 0 Å². The molecule has 0 aromatic rings. The Balaban J connectivity index is 2.56. The van der Waals surface area contributed by atoms with Crippen molar-refractivity contribution in [3.05, 3.63) is 0 Å². The number of urea groups is 1. The fraction of sp³-hybridized carbons (Fsp3) is 0.700. The Morgan fingerprint density at radius 2 is 1.75 bits per heavy atom. The lowest BCUT2D eigenvalue weighted by Gasteiger charge is -2.29. The standard InChI is InChI=1S/C10H16N2O3S/c1-3-4-5-16-6-10(2)7(13)11-9(15)12-8(10)14/h3-6H2,1-2H3,(H2,11,12,13,14,15). The van der Waals surface area contributed by atoms with Crippen molar-refractivity contribution >= 4 is 29.6 Å². The van der Waals surface area contributed by atoms with Gasteiger partial charge in [0, 0.05) is 5.75 Å². The molecule has 1 aliphatic heterocycles. The molecule has 0 spiro atoms. The van der Waals surface area contributed by atoms with Gasteiger partial charge in [-0.2, -0.15) is 11.8 Å². The molecule has 0 saturated carbocycles. The van der Waals surface area contributed by atoms with E-state index in [9.17, 15) is 14.4 Å². The Morgan fingerprint density at radius 3 is 2.25 bits per heavy atom. The highest BCUT2D eigenvalue weighted by molar-refractivity contribution is 7.99. The molecule has 1 aliphatic rings. The third kappa shape index (κ3) is 2.75. The molecular weight excluding hydrogens is 228 g/mol. The van der Waals surface area contributed by atoms with E-state index in [1.54, 1.807) is 18.7 Å². The summed E-state index contributed by atoms with van der Waals surface area (Å²) in [7, 11) is 0. The van der Waals surface area contributed by atoms with Gasteiger partial charge in [0.25, 0.3) is 0 Å². The quantitative estimate of drug-likeness (QED) is 0.556. The van der Waals surface area contributed by atoms with E-state index >= 15 is 0 Å². The second-order valence-corrected chi connectivity index (χ2v) is 5.08. The summed E-state index contributed by atoms with van der Waals surface area (Å²) < 4.78 is 0. The second-order valence-electron chi connectivity index (χ2n) is 3.98. The zero-order chi connectivity index (χ0) is 12.2. The Labute approximate surface area is 98.7 Å². The lowest BCUT2D eigenvalue weighted by atomic mass is 9.89. The van der Waals surface area contributed by atoms with Crippen LogP contribution in [0.4, 0.5) is 4.79 Å². The number of hydrogen-bond acceptors (Lipinski definition) is 4. The molecule has 1 fully saturated rings. The third-order valence-corrected chi connectivity index (χ3v) is 3.85. The van der Waals surface area contributed by atoms with Crippen molar-refractivity contribution in [2.75, 3.05) is 11.5 Å². The van der Waals surface area contributed by atoms with Crippen molar-refractivity contribution in [2.24, 2.45) is 5.41 Å². The highest BCUT2D eigenvalue weighted by atomic mass is 32.2. The van der Waals surface area contributed by atoms with Gasteiger partial charge in [-0.1, -0.05) is 13.3 Å². The van der Waals surface area contributed by atoms with Crippen LogP contribution in [-0.2, 0) is 9.59 Å². The smallest absolute Gasteiger partial charge is 0.277 e. The molecule has 6 heteroatoms. The predicted octanol–water partition coefficient (Wildman–Crippen LogP) is 0.892. The van der Waals surface area contributed by atoms with Crippen molar-refractivity contribution in [3.63, 3.8) is 0 Å². The summed E-state index contributed by atoms with van der Waals surface area (Å²) in [6.07, 6.45) is 2.14. The topological polar surface area (TPSA) is 75.3 Å². The van der Waals surface area contributed by atoms with Gasteiger partial charge < -0.3 is 0 Å². The average molecular weight is 244 g/mol. The minimum Gasteiger partial charge on any atom is -0.277 e. The van der Waals surface area contributed by atoms with E-state index < -0.39 is 23.3 Å². The zero-order valence-corrected chi connectivity index (χ0v) is 10.3. The molecule has 90 valence electrons. The van der Waals surface area contributed by atoms with Crippen LogP contribution >= 0.6 is 11.8 Å². The van der Waals surface area contributed by atoms with Gasteiger partial charge >= 0.3 is 6.03 Å². The highest BCUT2D eigenvalue weighted by Crippen LogP contribution is 2.25. The molecule has 4 amide bonds. The molecule has 0 atom stereocenters. The van der Waals surface area contributed by atoms with Crippen LogP contribution in [0.2, 0.25) is 0 Å². The maximum absolute atomic E-state index is 11.6. The normalized spacial score (nSPS) is 19.2. The van der Waals surface area contributed by atoms with Gasteiger partial charge in [-0.3, -0.25) is 20.2 Å². The van der Waals surface area contributed by atoms with Crippen LogP contribution in [0.25, 0.3) is 0 Å². The van der Waals surface area contributed by atoms with E-state index in [4.69, 9.17) is 0 Å². The van der Waals surface area contributed by atoms with Gasteiger partial charge in [-0.15, -0.1) is 0 Å². The number of hydrogen-bond donors (Lipinski definition) is 2. The maximum atomic E-state index is 11.6. The number of imide groups is 2. The lowest BCUT2D eigenvalue weighted by molar-refractivity contribution is -0.141. The van der Waals surface area contributed by atoms with Crippen LogP contribution in [0.1, 0.15) is 26.7 Å². The van der Waals surface area contributed by atoms with Crippen LogP contribution in [0, 0.1) is 5.41 Å². The molecular formula is C10H16N2O3S. The number of thioether (sulfide) groups is 1. The van der Waals surface area contributed by atoms with Crippen LogP contribution < -0.4 is 10.6 Å². The van der Waals surface area contributed by atoms with Crippen molar-refractivity contribution in [2.45, 2.75) is 26.7 Å². The first kappa shape index (κ1) is 13.0. The third-order valence-electron chi connectivity index (χ3n) is 2.49. The molecule has 2 N–H and O–H groups in total. The Kier molecular flexibility index (Phi) is 4.35. The van der Waals surface area contributed by atoms with E-state index in [-0.39, 0.29) is 0 Å². The summed E-state index contributed by atoms with van der Waals surface area (Å²) in [4.78, 5) is 34.1. The van der Waals surface area contributed by atoms with Crippen molar-refractivity contribution < 1.29 is 14.4 Å². The molecule has 0 aromatic heterocycles. The number of carbonyl (C=O) groups is 3. The van der Waals surface area contributed by atoms with Gasteiger partial charge in [0.05, 0.1) is 0 Å². The number of amides is 4. The number of rotatable bonds is 5. The first-order valence-corrected chi connectivity index (χ1v) is 6.41. The fourth-order valence-corrected chi connectivity index (χ4v) is 2.58. The van der Waals surface area contributed by atoms with Crippen molar-refractivity contribution in [1.29, 1.82) is 0 Å². The minimum absolute atomic E-state index is 0.401. The van der Waals surface area contributed by atoms with Crippen molar-refractivity contribution in [1.82, 2.24) is 10.6 Å². The molecule has 16 heavy (non-hydrogen) atoms. The zero-order valence-electron chi connectivity index (χ0n) is 9.46. The molecule has 0 aromatic carbocycles. The maximum Gasteiger partial charge on any atom is 0.328 e. The van der Waals surface area contributed by atoms with Gasteiger partial charge in [0.15, 0.2) is 0 Å². The minimum atomic E-state index is -1.13. The molecule has 0 radical (unpaired) electrons. The Morgan fingerprint density at radius 1 is 1.19 bits per heavy atom. The molecule has 1 heterocycles. The summed E-state index contributed by atoms with van der Waals surface area (Å²) >= 11 is 1.56. The number of carbonyl (C=O) groups excluding carboxylic acids is 3. The number of unbranched alkanes of at least 4 members (excludes halogenated alkanes) is 1. The largest absolute Gasteiger partial charge is 0.328 e. The summed E-state index contributed by atoms with van der Waals surface area (Å²) in [6.45, 7) is 3.64. The number of nitrogens with one attached hydrogen (secondary N) is 2. The predicted molar refractivity (Wildman–Crippen MR) is 62.0 cm³/mol. The van der Waals surface area contributed by atoms with Gasteiger partial charge in [0.1, 0.15) is 5.41 Å². The SMILES string of the molecule is CCCCSCC1(C)C(=O)NC(=O)NC1=O. The average Bonchev–Trinajstić information content (AvgIpc) is 2.21. The van der Waals surface area contributed by atoms with Gasteiger partial charge in [-0.25, -0.2) is 4.79 Å². The Hall–Kier alpha value is -1.04. The van der Waals surface area contributed by atoms with Crippen LogP contribution in [0.3, 0.4) is 0 Å². The van der Waals surface area contributed by atoms with E-state index in [1.807, 2.05) is 0 Å². The van der Waals surface area contributed by atoms with E-state index in [1.165, 1.54) is 0 Å². The molecule has 1 rings (SSSR count). The van der Waals surface area contributed by atoms with Gasteiger partial charge in [0.2, 0.25) is 11.8 Å². The highest BCUT2D eigenvalue weighted by Gasteiger charge is 2.45. The summed E-state index contributed by atoms with van der Waals surface area (Å²) in [5.41, 5.74) is -1.13. The van der Waals surface area contributed by atoms with Crippen LogP contribution in [-0.4, -0.2) is 29.4 Å². The van der Waals surface area contributed by atoms with E-state index in [2.05, 4.69) is 17.6 Å². The lowest BCUT2D eigenvalue weighted by Crippen LogP contribution is -2.62. The van der Waals surface area contributed by atoms with Gasteiger partial charge in [-0.05, 0) is 19.1 Å². The number of barbiturate groups is 1. The van der Waals surface area contributed by atoms with E-state index in [0.717, 1.165) is 18.6 Å². The molecule has 1 saturated heterocycles. The summed E-state index contributed by atoms with van der Waals surface area (Å²) in [5.74, 6) is 0.300.